The summed E-state index contributed by atoms with van der Waals surface area (Å²) in [5.41, 5.74) is 1.14. The van der Waals surface area contributed by atoms with Crippen molar-refractivity contribution in [1.82, 2.24) is 19.6 Å². The number of hydrogen-bond acceptors (Lipinski definition) is 5. The van der Waals surface area contributed by atoms with Crippen LogP contribution in [0.2, 0.25) is 0 Å². The largest absolute Gasteiger partial charge is 0.388 e. The number of nitrogens with zero attached hydrogens (tertiary/aromatic N) is 4. The second-order valence-corrected chi connectivity index (χ2v) is 11.8. The zero-order chi connectivity index (χ0) is 25.5. The zero-order valence-corrected chi connectivity index (χ0v) is 21.8. The summed E-state index contributed by atoms with van der Waals surface area (Å²) in [4.78, 5) is 34.4. The molecule has 36 heavy (non-hydrogen) atoms. The molecule has 8 nitrogen and oxygen atoms in total. The first-order chi connectivity index (χ1) is 17.2. The molecule has 4 fully saturated rings. The maximum absolute atomic E-state index is 13.7. The van der Waals surface area contributed by atoms with E-state index in [-0.39, 0.29) is 42.5 Å². The Morgan fingerprint density at radius 3 is 2.22 bits per heavy atom. The molecule has 2 saturated carbocycles. The minimum absolute atomic E-state index is 0.0293. The van der Waals surface area contributed by atoms with Gasteiger partial charge in [-0.2, -0.15) is 0 Å². The summed E-state index contributed by atoms with van der Waals surface area (Å²) < 4.78 is 0. The highest BCUT2D eigenvalue weighted by molar-refractivity contribution is 5.80. The fourth-order valence-electron chi connectivity index (χ4n) is 6.92. The zero-order valence-electron chi connectivity index (χ0n) is 21.8. The van der Waals surface area contributed by atoms with E-state index >= 15 is 0 Å². The van der Waals surface area contributed by atoms with Crippen molar-refractivity contribution in [2.75, 3.05) is 46.8 Å². The van der Waals surface area contributed by atoms with Gasteiger partial charge in [-0.3, -0.25) is 9.69 Å². The van der Waals surface area contributed by atoms with Gasteiger partial charge in [-0.25, -0.2) is 4.79 Å². The van der Waals surface area contributed by atoms with Gasteiger partial charge in [0.05, 0.1) is 17.7 Å². The lowest BCUT2D eigenvalue weighted by atomic mass is 9.68. The summed E-state index contributed by atoms with van der Waals surface area (Å²) in [5, 5.41) is 19.6. The second kappa shape index (κ2) is 9.95. The minimum Gasteiger partial charge on any atom is -0.388 e. The number of hydrogen-bond donors (Lipinski definition) is 2. The summed E-state index contributed by atoms with van der Waals surface area (Å²) in [6.07, 6.45) is 6.00. The van der Waals surface area contributed by atoms with E-state index in [1.165, 1.54) is 29.7 Å². The highest BCUT2D eigenvalue weighted by atomic mass is 16.3. The predicted molar refractivity (Wildman–Crippen MR) is 137 cm³/mol. The number of carbonyl (C=O) groups excluding carboxylic acids is 2. The number of likely N-dealkylation sites (tertiary alicyclic amines) is 1. The molecule has 2 atom stereocenters. The number of aliphatic hydroxyl groups excluding tert-OH is 2. The van der Waals surface area contributed by atoms with Crippen molar-refractivity contribution in [3.8, 4) is 0 Å². The Morgan fingerprint density at radius 1 is 1.03 bits per heavy atom. The number of amides is 3. The lowest BCUT2D eigenvalue weighted by Gasteiger charge is -2.51. The number of carbonyl (C=O) groups is 2. The number of rotatable bonds is 7. The molecule has 3 amide bonds. The van der Waals surface area contributed by atoms with Gasteiger partial charge in [-0.15, -0.1) is 0 Å². The Kier molecular flexibility index (Phi) is 7.05. The standard InChI is InChI=1S/C28H42N4O4/c1-29(2)28(22-9-4-3-5-10-22)14-12-27(13-15-28)20-30(26(36)32(27)17-21-7-6-8-21)16-11-25(35)31-18-23(33)24(34)19-31/h3-5,9-10,21,23-24,33-34H,6-8,11-20H2,1-2H3. The molecule has 0 bridgehead atoms. The predicted octanol–water partition coefficient (Wildman–Crippen LogP) is 2.25. The summed E-state index contributed by atoms with van der Waals surface area (Å²) >= 11 is 0. The van der Waals surface area contributed by atoms with Crippen LogP contribution in [0.15, 0.2) is 30.3 Å². The number of β-amino-alcohol motifs (C(OH)–C–C–N with tert-alkyl or cyclic N) is 2. The molecule has 1 spiro atoms. The minimum atomic E-state index is -0.882. The molecule has 2 unspecified atom stereocenters. The summed E-state index contributed by atoms with van der Waals surface area (Å²) in [7, 11) is 4.34. The van der Waals surface area contributed by atoms with Crippen LogP contribution in [0.5, 0.6) is 0 Å². The van der Waals surface area contributed by atoms with Crippen LogP contribution in [0.1, 0.15) is 56.9 Å². The van der Waals surface area contributed by atoms with E-state index in [1.807, 2.05) is 4.90 Å². The lowest BCUT2D eigenvalue weighted by Crippen LogP contribution is -2.56. The van der Waals surface area contributed by atoms with E-state index in [9.17, 15) is 19.8 Å². The molecule has 198 valence electrons. The monoisotopic (exact) mass is 498 g/mol. The third kappa shape index (κ3) is 4.52. The van der Waals surface area contributed by atoms with Crippen molar-refractivity contribution >= 4 is 11.9 Å². The average Bonchev–Trinajstić information content (AvgIpc) is 3.31. The molecule has 8 heteroatoms. The smallest absolute Gasteiger partial charge is 0.320 e. The molecule has 2 N–H and O–H groups in total. The van der Waals surface area contributed by atoms with Crippen LogP contribution in [0.25, 0.3) is 0 Å². The number of aliphatic hydroxyl groups is 2. The molecular formula is C28H42N4O4. The van der Waals surface area contributed by atoms with Gasteiger partial charge in [0.1, 0.15) is 0 Å². The third-order valence-corrected chi connectivity index (χ3v) is 9.61. The quantitative estimate of drug-likeness (QED) is 0.602. The number of benzene rings is 1. The van der Waals surface area contributed by atoms with E-state index in [0.29, 0.717) is 19.0 Å². The van der Waals surface area contributed by atoms with Gasteiger partial charge >= 0.3 is 6.03 Å². The van der Waals surface area contributed by atoms with Gasteiger partial charge in [0.15, 0.2) is 0 Å². The van der Waals surface area contributed by atoms with Gasteiger partial charge in [-0.05, 0) is 64.1 Å². The van der Waals surface area contributed by atoms with Gasteiger partial charge in [0, 0.05) is 44.7 Å². The summed E-state index contributed by atoms with van der Waals surface area (Å²) in [6.45, 7) is 2.22. The highest BCUT2D eigenvalue weighted by Gasteiger charge is 2.54. The van der Waals surface area contributed by atoms with E-state index < -0.39 is 12.2 Å². The van der Waals surface area contributed by atoms with E-state index in [1.54, 1.807) is 0 Å². The van der Waals surface area contributed by atoms with Crippen LogP contribution in [0, 0.1) is 5.92 Å². The van der Waals surface area contributed by atoms with Crippen molar-refractivity contribution in [2.24, 2.45) is 5.92 Å². The van der Waals surface area contributed by atoms with Crippen LogP contribution >= 0.6 is 0 Å². The molecule has 2 aliphatic heterocycles. The van der Waals surface area contributed by atoms with Gasteiger partial charge in [0.25, 0.3) is 0 Å². The fraction of sp³-hybridized carbons (Fsp3) is 0.714. The normalized spacial score (nSPS) is 33.1. The third-order valence-electron chi connectivity index (χ3n) is 9.61. The summed E-state index contributed by atoms with van der Waals surface area (Å²) in [6, 6.07) is 10.8. The van der Waals surface area contributed by atoms with Crippen molar-refractivity contribution < 1.29 is 19.8 Å². The first-order valence-corrected chi connectivity index (χ1v) is 13.7. The van der Waals surface area contributed by atoms with Crippen molar-refractivity contribution in [3.05, 3.63) is 35.9 Å². The Bertz CT molecular complexity index is 932. The van der Waals surface area contributed by atoms with Gasteiger partial charge < -0.3 is 24.9 Å². The first-order valence-electron chi connectivity index (χ1n) is 13.7. The van der Waals surface area contributed by atoms with Crippen molar-refractivity contribution in [2.45, 2.75) is 74.7 Å². The molecule has 0 radical (unpaired) electrons. The van der Waals surface area contributed by atoms with Crippen molar-refractivity contribution in [3.63, 3.8) is 0 Å². The van der Waals surface area contributed by atoms with Crippen LogP contribution in [-0.4, -0.2) is 106 Å². The molecule has 2 heterocycles. The van der Waals surface area contributed by atoms with Crippen LogP contribution < -0.4 is 0 Å². The topological polar surface area (TPSA) is 87.6 Å². The molecule has 1 aromatic rings. The van der Waals surface area contributed by atoms with E-state index in [0.717, 1.165) is 32.2 Å². The van der Waals surface area contributed by atoms with Crippen LogP contribution in [0.4, 0.5) is 4.79 Å². The van der Waals surface area contributed by atoms with Crippen LogP contribution in [0.3, 0.4) is 0 Å². The first kappa shape index (κ1) is 25.5. The van der Waals surface area contributed by atoms with Crippen LogP contribution in [-0.2, 0) is 10.3 Å². The molecule has 2 saturated heterocycles. The molecular weight excluding hydrogens is 456 g/mol. The van der Waals surface area contributed by atoms with E-state index in [2.05, 4.69) is 54.2 Å². The van der Waals surface area contributed by atoms with Crippen molar-refractivity contribution in [1.29, 1.82) is 0 Å². The Labute approximate surface area is 214 Å². The molecule has 5 rings (SSSR count). The molecule has 2 aliphatic carbocycles. The SMILES string of the molecule is CN(C)C1(c2ccccc2)CCC2(CC1)CN(CCC(=O)N1CC(O)C(O)C1)C(=O)N2CC1CCC1. The van der Waals surface area contributed by atoms with Gasteiger partial charge in [-0.1, -0.05) is 36.8 Å². The molecule has 0 aromatic heterocycles. The Morgan fingerprint density at radius 2 is 1.67 bits per heavy atom. The molecule has 4 aliphatic rings. The van der Waals surface area contributed by atoms with Gasteiger partial charge in [0.2, 0.25) is 5.91 Å². The lowest BCUT2D eigenvalue weighted by molar-refractivity contribution is -0.130. The van der Waals surface area contributed by atoms with E-state index in [4.69, 9.17) is 0 Å². The maximum Gasteiger partial charge on any atom is 0.320 e. The maximum atomic E-state index is 13.7. The Balaban J connectivity index is 1.30. The number of urea groups is 1. The summed E-state index contributed by atoms with van der Waals surface area (Å²) in [5.74, 6) is 0.485. The Hall–Kier alpha value is -2.16. The second-order valence-electron chi connectivity index (χ2n) is 11.8. The fourth-order valence-corrected chi connectivity index (χ4v) is 6.92. The average molecular weight is 499 g/mol. The highest BCUT2D eigenvalue weighted by Crippen LogP contribution is 2.49. The molecule has 1 aromatic carbocycles.